The molecule has 2 rings (SSSR count). The lowest BCUT2D eigenvalue weighted by atomic mass is 10.1. The molecule has 8 nitrogen and oxygen atoms in total. The lowest BCUT2D eigenvalue weighted by Crippen LogP contribution is -2.28. The summed E-state index contributed by atoms with van der Waals surface area (Å²) in [5.74, 6) is -0.893. The van der Waals surface area contributed by atoms with Crippen molar-refractivity contribution in [1.29, 1.82) is 0 Å². The van der Waals surface area contributed by atoms with Crippen molar-refractivity contribution in [3.8, 4) is 5.88 Å². The fourth-order valence-electron chi connectivity index (χ4n) is 2.37. The van der Waals surface area contributed by atoms with Gasteiger partial charge in [0, 0.05) is 24.4 Å². The molecular formula is C18H20F3N5O3. The van der Waals surface area contributed by atoms with Gasteiger partial charge in [0.2, 0.25) is 17.7 Å². The van der Waals surface area contributed by atoms with E-state index in [2.05, 4.69) is 30.3 Å². The van der Waals surface area contributed by atoms with Crippen LogP contribution in [-0.2, 0) is 4.79 Å². The first kappa shape index (κ1) is 22.1. The van der Waals surface area contributed by atoms with E-state index >= 15 is 0 Å². The maximum atomic E-state index is 12.5. The van der Waals surface area contributed by atoms with Crippen LogP contribution in [0.4, 0.5) is 19.1 Å². The van der Waals surface area contributed by atoms with E-state index < -0.39 is 24.7 Å². The van der Waals surface area contributed by atoms with E-state index in [0.717, 1.165) is 6.20 Å². The van der Waals surface area contributed by atoms with E-state index in [4.69, 9.17) is 0 Å². The maximum Gasteiger partial charge on any atom is 0.422 e. The van der Waals surface area contributed by atoms with Gasteiger partial charge >= 0.3 is 6.18 Å². The molecule has 0 saturated carbocycles. The second-order valence-corrected chi connectivity index (χ2v) is 6.38. The molecule has 0 aliphatic rings. The predicted molar refractivity (Wildman–Crippen MR) is 97.5 cm³/mol. The molecule has 0 spiro atoms. The Morgan fingerprint density at radius 2 is 1.90 bits per heavy atom. The van der Waals surface area contributed by atoms with Gasteiger partial charge in [-0.3, -0.25) is 14.9 Å². The number of amides is 2. The highest BCUT2D eigenvalue weighted by molar-refractivity contribution is 5.94. The van der Waals surface area contributed by atoms with Gasteiger partial charge in [0.1, 0.15) is 0 Å². The summed E-state index contributed by atoms with van der Waals surface area (Å²) in [7, 11) is 0. The Bertz CT molecular complexity index is 918. The van der Waals surface area contributed by atoms with Gasteiger partial charge in [-0.1, -0.05) is 0 Å². The van der Waals surface area contributed by atoms with Crippen LogP contribution in [0, 0.1) is 13.8 Å². The highest BCUT2D eigenvalue weighted by atomic mass is 19.4. The fourth-order valence-corrected chi connectivity index (χ4v) is 2.37. The molecule has 2 heterocycles. The van der Waals surface area contributed by atoms with Gasteiger partial charge in [-0.15, -0.1) is 0 Å². The number of hydrogen-bond donors (Lipinski definition) is 2. The number of ether oxygens (including phenoxy) is 1. The van der Waals surface area contributed by atoms with Crippen LogP contribution in [0.1, 0.15) is 47.2 Å². The molecule has 29 heavy (non-hydrogen) atoms. The van der Waals surface area contributed by atoms with Gasteiger partial charge in [-0.2, -0.15) is 13.2 Å². The van der Waals surface area contributed by atoms with Gasteiger partial charge in [0.25, 0.3) is 5.91 Å². The number of nitrogens with one attached hydrogen (secondary N) is 2. The zero-order valence-electron chi connectivity index (χ0n) is 16.2. The smallest absolute Gasteiger partial charge is 0.422 e. The molecule has 11 heteroatoms. The maximum absolute atomic E-state index is 12.5. The van der Waals surface area contributed by atoms with E-state index in [0.29, 0.717) is 17.0 Å². The number of anilines is 1. The van der Waals surface area contributed by atoms with Crippen molar-refractivity contribution in [2.45, 2.75) is 39.9 Å². The first-order valence-corrected chi connectivity index (χ1v) is 8.55. The molecule has 2 aromatic rings. The highest BCUT2D eigenvalue weighted by Gasteiger charge is 2.29. The molecule has 1 atom stereocenters. The molecular weight excluding hydrogens is 391 g/mol. The third-order valence-corrected chi connectivity index (χ3v) is 3.62. The Balaban J connectivity index is 2.10. The number of pyridine rings is 1. The van der Waals surface area contributed by atoms with E-state index in [1.807, 2.05) is 0 Å². The fraction of sp³-hybridized carbons (Fsp3) is 0.389. The lowest BCUT2D eigenvalue weighted by Gasteiger charge is -2.16. The first-order chi connectivity index (χ1) is 13.4. The van der Waals surface area contributed by atoms with E-state index in [-0.39, 0.29) is 23.3 Å². The van der Waals surface area contributed by atoms with Crippen LogP contribution in [0.25, 0.3) is 0 Å². The molecule has 0 aliphatic carbocycles. The number of rotatable bonds is 6. The molecule has 2 N–H and O–H groups in total. The van der Waals surface area contributed by atoms with Crippen molar-refractivity contribution in [2.24, 2.45) is 0 Å². The third kappa shape index (κ3) is 6.70. The van der Waals surface area contributed by atoms with Crippen LogP contribution in [0.5, 0.6) is 5.88 Å². The predicted octanol–water partition coefficient (Wildman–Crippen LogP) is 2.88. The van der Waals surface area contributed by atoms with Crippen molar-refractivity contribution in [3.63, 3.8) is 0 Å². The van der Waals surface area contributed by atoms with Crippen LogP contribution in [-0.4, -0.2) is 39.5 Å². The average molecular weight is 411 g/mol. The molecule has 1 unspecified atom stereocenters. The molecule has 2 aromatic heterocycles. The Hall–Kier alpha value is -3.24. The van der Waals surface area contributed by atoms with Gasteiger partial charge in [0.05, 0.1) is 17.3 Å². The monoisotopic (exact) mass is 411 g/mol. The number of carbonyl (C=O) groups is 2. The summed E-state index contributed by atoms with van der Waals surface area (Å²) in [6, 6.07) is 2.51. The van der Waals surface area contributed by atoms with Crippen LogP contribution >= 0.6 is 0 Å². The number of hydrogen-bond acceptors (Lipinski definition) is 6. The van der Waals surface area contributed by atoms with Crippen molar-refractivity contribution in [2.75, 3.05) is 11.9 Å². The molecule has 0 aliphatic heterocycles. The lowest BCUT2D eigenvalue weighted by molar-refractivity contribution is -0.154. The molecule has 0 radical (unpaired) electrons. The van der Waals surface area contributed by atoms with Gasteiger partial charge < -0.3 is 10.1 Å². The number of halogens is 3. The molecule has 0 aromatic carbocycles. The van der Waals surface area contributed by atoms with Gasteiger partial charge in [-0.05, 0) is 32.9 Å². The van der Waals surface area contributed by atoms with Crippen molar-refractivity contribution in [1.82, 2.24) is 20.3 Å². The van der Waals surface area contributed by atoms with Crippen molar-refractivity contribution >= 4 is 17.8 Å². The summed E-state index contributed by atoms with van der Waals surface area (Å²) in [6.07, 6.45) is -3.35. The Morgan fingerprint density at radius 1 is 1.21 bits per heavy atom. The zero-order valence-corrected chi connectivity index (χ0v) is 16.2. The van der Waals surface area contributed by atoms with Crippen LogP contribution in [0.2, 0.25) is 0 Å². The number of aryl methyl sites for hydroxylation is 2. The average Bonchev–Trinajstić information content (AvgIpc) is 2.58. The van der Waals surface area contributed by atoms with Gasteiger partial charge in [0.15, 0.2) is 6.61 Å². The van der Waals surface area contributed by atoms with E-state index in [1.165, 1.54) is 19.9 Å². The summed E-state index contributed by atoms with van der Waals surface area (Å²) < 4.78 is 41.4. The Morgan fingerprint density at radius 3 is 2.48 bits per heavy atom. The van der Waals surface area contributed by atoms with E-state index in [1.54, 1.807) is 19.9 Å². The van der Waals surface area contributed by atoms with E-state index in [9.17, 15) is 22.8 Å². The normalized spacial score (nSPS) is 12.2. The first-order valence-electron chi connectivity index (χ1n) is 8.55. The Labute approximate surface area is 164 Å². The molecule has 0 fully saturated rings. The second-order valence-electron chi connectivity index (χ2n) is 6.38. The summed E-state index contributed by atoms with van der Waals surface area (Å²) in [4.78, 5) is 35.7. The molecule has 0 saturated heterocycles. The minimum Gasteiger partial charge on any atom is -0.468 e. The minimum atomic E-state index is -4.48. The summed E-state index contributed by atoms with van der Waals surface area (Å²) >= 11 is 0. The molecule has 0 bridgehead atoms. The summed E-state index contributed by atoms with van der Waals surface area (Å²) in [6.45, 7) is 4.77. The highest BCUT2D eigenvalue weighted by Crippen LogP contribution is 2.21. The largest absolute Gasteiger partial charge is 0.468 e. The zero-order chi connectivity index (χ0) is 21.8. The molecule has 156 valence electrons. The van der Waals surface area contributed by atoms with Crippen molar-refractivity contribution < 1.29 is 27.5 Å². The Kier molecular flexibility index (Phi) is 6.72. The minimum absolute atomic E-state index is 0.122. The summed E-state index contributed by atoms with van der Waals surface area (Å²) in [5.41, 5.74) is 1.52. The topological polar surface area (TPSA) is 106 Å². The summed E-state index contributed by atoms with van der Waals surface area (Å²) in [5, 5.41) is 5.20. The standard InChI is InChI=1S/C18H20F3N5O3/c1-9-5-13(7-22-16(9)29-8-18(19,20)21)15(28)24-11(3)14-6-10(2)23-17(26-14)25-12(4)27/h5-7,11H,8H2,1-4H3,(H,24,28)(H,23,25,26,27). The quantitative estimate of drug-likeness (QED) is 0.757. The third-order valence-electron chi connectivity index (χ3n) is 3.62. The van der Waals surface area contributed by atoms with Crippen molar-refractivity contribution in [3.05, 3.63) is 40.8 Å². The number of nitrogens with zero attached hydrogens (tertiary/aromatic N) is 3. The second kappa shape index (κ2) is 8.84. The van der Waals surface area contributed by atoms with Crippen LogP contribution < -0.4 is 15.4 Å². The number of alkyl halides is 3. The van der Waals surface area contributed by atoms with Gasteiger partial charge in [-0.25, -0.2) is 15.0 Å². The number of carbonyl (C=O) groups excluding carboxylic acids is 2. The molecule has 2 amide bonds. The van der Waals surface area contributed by atoms with Crippen LogP contribution in [0.15, 0.2) is 18.3 Å². The number of aromatic nitrogens is 3. The van der Waals surface area contributed by atoms with Crippen LogP contribution in [0.3, 0.4) is 0 Å². The SMILES string of the molecule is CC(=O)Nc1nc(C)cc(C(C)NC(=O)c2cnc(OCC(F)(F)F)c(C)c2)n1.